The van der Waals surface area contributed by atoms with Gasteiger partial charge in [0.15, 0.2) is 0 Å². The third kappa shape index (κ3) is 3.37. The van der Waals surface area contributed by atoms with E-state index in [1.54, 1.807) is 18.2 Å². The number of piperazine rings is 1. The van der Waals surface area contributed by atoms with Crippen molar-refractivity contribution in [1.82, 2.24) is 14.6 Å². The summed E-state index contributed by atoms with van der Waals surface area (Å²) < 4.78 is 1.38. The summed E-state index contributed by atoms with van der Waals surface area (Å²) in [7, 11) is 0. The lowest BCUT2D eigenvalue weighted by molar-refractivity contribution is 0.100. The number of carbonyl (C=O) groups excluding carboxylic acids is 1. The van der Waals surface area contributed by atoms with E-state index in [-0.39, 0.29) is 5.56 Å². The van der Waals surface area contributed by atoms with Crippen LogP contribution in [0.4, 0.5) is 10.8 Å². The van der Waals surface area contributed by atoms with E-state index in [2.05, 4.69) is 19.9 Å². The molecule has 1 amide bonds. The third-order valence-corrected chi connectivity index (χ3v) is 5.69. The Labute approximate surface area is 159 Å². The number of primary amides is 1. The highest BCUT2D eigenvalue weighted by atomic mass is 32.1. The van der Waals surface area contributed by atoms with Crippen molar-refractivity contribution < 1.29 is 4.79 Å². The van der Waals surface area contributed by atoms with Crippen molar-refractivity contribution >= 4 is 33.0 Å². The van der Waals surface area contributed by atoms with Gasteiger partial charge in [-0.15, -0.1) is 5.10 Å². The van der Waals surface area contributed by atoms with Crippen LogP contribution in [0.3, 0.4) is 0 Å². The molecule has 4 rings (SSSR count). The molecule has 0 spiro atoms. The van der Waals surface area contributed by atoms with E-state index < -0.39 is 5.91 Å². The van der Waals surface area contributed by atoms with Gasteiger partial charge in [0.05, 0.1) is 0 Å². The van der Waals surface area contributed by atoms with Crippen molar-refractivity contribution in [1.29, 1.82) is 0 Å². The van der Waals surface area contributed by atoms with Crippen LogP contribution < -0.4 is 21.1 Å². The molecule has 1 fully saturated rings. The second-order valence-corrected chi connectivity index (χ2v) is 7.34. The lowest BCUT2D eigenvalue weighted by Gasteiger charge is -2.35. The highest BCUT2D eigenvalue weighted by molar-refractivity contribution is 7.20. The molecule has 3 aromatic rings. The summed E-state index contributed by atoms with van der Waals surface area (Å²) in [6.07, 6.45) is 0.728. The predicted molar refractivity (Wildman–Crippen MR) is 106 cm³/mol. The van der Waals surface area contributed by atoms with Gasteiger partial charge in [-0.1, -0.05) is 18.3 Å². The van der Waals surface area contributed by atoms with Crippen LogP contribution >= 0.6 is 11.3 Å². The third-order valence-electron chi connectivity index (χ3n) is 4.72. The fraction of sp³-hybridized carbons (Fsp3) is 0.333. The monoisotopic (exact) mass is 384 g/mol. The fourth-order valence-corrected chi connectivity index (χ4v) is 4.13. The van der Waals surface area contributed by atoms with E-state index in [9.17, 15) is 9.59 Å². The average Bonchev–Trinajstić information content (AvgIpc) is 3.13. The second-order valence-electron chi connectivity index (χ2n) is 6.40. The number of fused-ring (bicyclic) bond motifs is 1. The van der Waals surface area contributed by atoms with Crippen LogP contribution in [0.1, 0.15) is 23.0 Å². The Kier molecular flexibility index (Phi) is 4.53. The van der Waals surface area contributed by atoms with Crippen LogP contribution in [-0.4, -0.2) is 46.7 Å². The number of hydrogen-bond acceptors (Lipinski definition) is 7. The molecule has 1 aliphatic heterocycles. The van der Waals surface area contributed by atoms with Crippen LogP contribution in [0.25, 0.3) is 4.96 Å². The summed E-state index contributed by atoms with van der Waals surface area (Å²) in [5.41, 5.74) is 7.53. The zero-order valence-corrected chi connectivity index (χ0v) is 15.8. The van der Waals surface area contributed by atoms with E-state index in [4.69, 9.17) is 5.73 Å². The molecule has 0 unspecified atom stereocenters. The molecule has 1 saturated heterocycles. The summed E-state index contributed by atoms with van der Waals surface area (Å²) in [4.78, 5) is 32.9. The van der Waals surface area contributed by atoms with Crippen LogP contribution in [-0.2, 0) is 6.42 Å². The number of amides is 1. The van der Waals surface area contributed by atoms with Gasteiger partial charge in [0.1, 0.15) is 0 Å². The lowest BCUT2D eigenvalue weighted by Crippen LogP contribution is -2.46. The van der Waals surface area contributed by atoms with Gasteiger partial charge in [-0.05, 0) is 30.7 Å². The zero-order valence-electron chi connectivity index (χ0n) is 15.0. The smallest absolute Gasteiger partial charge is 0.275 e. The van der Waals surface area contributed by atoms with E-state index >= 15 is 0 Å². The maximum Gasteiger partial charge on any atom is 0.275 e. The molecule has 0 bridgehead atoms. The molecule has 140 valence electrons. The van der Waals surface area contributed by atoms with E-state index in [1.807, 2.05) is 19.1 Å². The molecule has 2 aromatic heterocycles. The highest BCUT2D eigenvalue weighted by Crippen LogP contribution is 2.24. The van der Waals surface area contributed by atoms with E-state index in [0.29, 0.717) is 10.5 Å². The van der Waals surface area contributed by atoms with E-state index in [0.717, 1.165) is 49.1 Å². The Bertz CT molecular complexity index is 1030. The van der Waals surface area contributed by atoms with Crippen molar-refractivity contribution in [2.75, 3.05) is 36.0 Å². The number of aryl methyl sites for hydroxylation is 1. The number of nitrogens with two attached hydrogens (primary N) is 1. The molecule has 0 radical (unpaired) electrons. The quantitative estimate of drug-likeness (QED) is 0.725. The summed E-state index contributed by atoms with van der Waals surface area (Å²) >= 11 is 1.45. The van der Waals surface area contributed by atoms with Gasteiger partial charge in [0, 0.05) is 49.2 Å². The molecular weight excluding hydrogens is 364 g/mol. The standard InChI is InChI=1S/C18H20N6O2S/c1-2-13-11-15(25)24-17(20-13)27-18(21-24)23-9-7-22(8-10-23)14-5-3-12(4-6-14)16(19)26/h3-6,11H,2,7-10H2,1H3,(H2,19,26). The van der Waals surface area contributed by atoms with Crippen LogP contribution in [0.2, 0.25) is 0 Å². The Morgan fingerprint density at radius 2 is 1.81 bits per heavy atom. The number of anilines is 2. The second kappa shape index (κ2) is 6.99. The van der Waals surface area contributed by atoms with Gasteiger partial charge < -0.3 is 15.5 Å². The Hall–Kier alpha value is -2.94. The molecular formula is C18H20N6O2S. The first kappa shape index (κ1) is 17.5. The van der Waals surface area contributed by atoms with Crippen LogP contribution in [0.15, 0.2) is 35.1 Å². The average molecular weight is 384 g/mol. The highest BCUT2D eigenvalue weighted by Gasteiger charge is 2.21. The van der Waals surface area contributed by atoms with Crippen molar-refractivity contribution in [3.8, 4) is 0 Å². The fourth-order valence-electron chi connectivity index (χ4n) is 3.15. The van der Waals surface area contributed by atoms with Gasteiger partial charge in [-0.25, -0.2) is 4.98 Å². The first-order valence-electron chi connectivity index (χ1n) is 8.84. The maximum atomic E-state index is 12.2. The van der Waals surface area contributed by atoms with Crippen LogP contribution in [0, 0.1) is 0 Å². The molecule has 27 heavy (non-hydrogen) atoms. The molecule has 0 aliphatic carbocycles. The van der Waals surface area contributed by atoms with Gasteiger partial charge in [-0.2, -0.15) is 4.52 Å². The zero-order chi connectivity index (χ0) is 19.0. The molecule has 9 heteroatoms. The number of hydrogen-bond donors (Lipinski definition) is 1. The van der Waals surface area contributed by atoms with Gasteiger partial charge in [0.2, 0.25) is 16.0 Å². The first-order chi connectivity index (χ1) is 13.0. The number of aromatic nitrogens is 3. The van der Waals surface area contributed by atoms with Gasteiger partial charge in [-0.3, -0.25) is 9.59 Å². The number of rotatable bonds is 4. The topological polar surface area (TPSA) is 96.8 Å². The lowest BCUT2D eigenvalue weighted by atomic mass is 10.1. The van der Waals surface area contributed by atoms with Gasteiger partial charge >= 0.3 is 0 Å². The number of carbonyl (C=O) groups is 1. The first-order valence-corrected chi connectivity index (χ1v) is 9.66. The van der Waals surface area contributed by atoms with Crippen LogP contribution in [0.5, 0.6) is 0 Å². The maximum absolute atomic E-state index is 12.2. The molecule has 1 aliphatic rings. The van der Waals surface area contributed by atoms with Gasteiger partial charge in [0.25, 0.3) is 5.56 Å². The van der Waals surface area contributed by atoms with E-state index in [1.165, 1.54) is 15.9 Å². The molecule has 2 N–H and O–H groups in total. The largest absolute Gasteiger partial charge is 0.368 e. The number of benzene rings is 1. The molecule has 3 heterocycles. The number of nitrogens with zero attached hydrogens (tertiary/aromatic N) is 5. The Balaban J connectivity index is 1.49. The summed E-state index contributed by atoms with van der Waals surface area (Å²) in [5, 5.41) is 5.27. The minimum Gasteiger partial charge on any atom is -0.368 e. The molecule has 0 atom stereocenters. The normalized spacial score (nSPS) is 14.7. The molecule has 0 saturated carbocycles. The van der Waals surface area contributed by atoms with Crippen molar-refractivity contribution in [2.24, 2.45) is 5.73 Å². The van der Waals surface area contributed by atoms with Crippen molar-refractivity contribution in [3.63, 3.8) is 0 Å². The summed E-state index contributed by atoms with van der Waals surface area (Å²) in [6.45, 7) is 5.23. The van der Waals surface area contributed by atoms with Crippen molar-refractivity contribution in [3.05, 3.63) is 51.9 Å². The Morgan fingerprint density at radius 1 is 1.15 bits per heavy atom. The molecule has 1 aromatic carbocycles. The minimum absolute atomic E-state index is 0.132. The SMILES string of the molecule is CCc1cc(=O)n2nc(N3CCN(c4ccc(C(N)=O)cc4)CC3)sc2n1. The summed E-state index contributed by atoms with van der Waals surface area (Å²) in [5.74, 6) is -0.419. The Morgan fingerprint density at radius 3 is 2.44 bits per heavy atom. The minimum atomic E-state index is -0.419. The summed E-state index contributed by atoms with van der Waals surface area (Å²) in [6, 6.07) is 8.89. The van der Waals surface area contributed by atoms with Crippen molar-refractivity contribution in [2.45, 2.75) is 13.3 Å². The molecule has 8 nitrogen and oxygen atoms in total. The predicted octanol–water partition coefficient (Wildman–Crippen LogP) is 1.14.